The summed E-state index contributed by atoms with van der Waals surface area (Å²) in [4.78, 5) is 4.37. The molecule has 0 aliphatic carbocycles. The molecule has 5 heteroatoms. The maximum atomic E-state index is 5.78. The molecule has 3 N–H and O–H groups in total. The van der Waals surface area contributed by atoms with Crippen molar-refractivity contribution in [2.75, 3.05) is 19.9 Å². The molecule has 1 aromatic carbocycles. The lowest BCUT2D eigenvalue weighted by atomic mass is 9.84. The second kappa shape index (κ2) is 5.86. The van der Waals surface area contributed by atoms with Gasteiger partial charge in [0, 0.05) is 12.0 Å². The van der Waals surface area contributed by atoms with Crippen LogP contribution in [0.15, 0.2) is 35.8 Å². The first-order chi connectivity index (χ1) is 9.53. The molecule has 0 saturated heterocycles. The average Bonchev–Trinajstić information content (AvgIpc) is 2.90. The van der Waals surface area contributed by atoms with Gasteiger partial charge in [-0.05, 0) is 17.7 Å². The monoisotopic (exact) mass is 275 g/mol. The van der Waals surface area contributed by atoms with E-state index in [-0.39, 0.29) is 12.2 Å². The number of nitrogens with two attached hydrogens (primary N) is 1. The van der Waals surface area contributed by atoms with Crippen LogP contribution in [0.5, 0.6) is 11.5 Å². The van der Waals surface area contributed by atoms with E-state index in [1.807, 2.05) is 18.2 Å². The first-order valence-electron chi connectivity index (χ1n) is 6.58. The largest absolute Gasteiger partial charge is 0.454 e. The van der Waals surface area contributed by atoms with Crippen LogP contribution in [-0.4, -0.2) is 25.8 Å². The fraction of sp³-hybridized carbons (Fsp3) is 0.400. The summed E-state index contributed by atoms with van der Waals surface area (Å²) in [6.07, 6.45) is 1.74. The average molecular weight is 275 g/mol. The fourth-order valence-electron chi connectivity index (χ4n) is 1.92. The van der Waals surface area contributed by atoms with Gasteiger partial charge in [0.05, 0.1) is 6.54 Å². The van der Waals surface area contributed by atoms with Crippen LogP contribution in [0, 0.1) is 0 Å². The van der Waals surface area contributed by atoms with Gasteiger partial charge in [-0.15, -0.1) is 6.58 Å². The van der Waals surface area contributed by atoms with E-state index in [9.17, 15) is 0 Å². The van der Waals surface area contributed by atoms with E-state index in [0.29, 0.717) is 19.0 Å². The number of hydrogen-bond donors (Lipinski definition) is 2. The van der Waals surface area contributed by atoms with Gasteiger partial charge in [-0.25, -0.2) is 0 Å². The van der Waals surface area contributed by atoms with Crippen LogP contribution in [0.25, 0.3) is 0 Å². The van der Waals surface area contributed by atoms with Gasteiger partial charge >= 0.3 is 0 Å². The Morgan fingerprint density at radius 3 is 2.95 bits per heavy atom. The number of nitrogens with one attached hydrogen (secondary N) is 1. The van der Waals surface area contributed by atoms with Crippen LogP contribution >= 0.6 is 0 Å². The van der Waals surface area contributed by atoms with Gasteiger partial charge in [0.2, 0.25) is 6.79 Å². The van der Waals surface area contributed by atoms with E-state index in [1.165, 1.54) is 0 Å². The van der Waals surface area contributed by atoms with Gasteiger partial charge in [0.1, 0.15) is 0 Å². The number of rotatable bonds is 5. The van der Waals surface area contributed by atoms with Crippen molar-refractivity contribution >= 4 is 5.96 Å². The molecular formula is C15H21N3O2. The molecule has 1 aliphatic heterocycles. The Morgan fingerprint density at radius 1 is 1.45 bits per heavy atom. The molecule has 0 bridgehead atoms. The number of nitrogens with zero attached hydrogens (tertiary/aromatic N) is 1. The van der Waals surface area contributed by atoms with Crippen LogP contribution in [0.1, 0.15) is 19.4 Å². The molecule has 0 radical (unpaired) electrons. The molecule has 0 aromatic heterocycles. The molecule has 2 rings (SSSR count). The van der Waals surface area contributed by atoms with Crippen molar-refractivity contribution in [3.8, 4) is 11.5 Å². The van der Waals surface area contributed by atoms with Crippen molar-refractivity contribution < 1.29 is 9.47 Å². The summed E-state index contributed by atoms with van der Waals surface area (Å²) in [5, 5.41) is 2.96. The molecule has 0 spiro atoms. The zero-order valence-corrected chi connectivity index (χ0v) is 12.0. The molecule has 5 nitrogen and oxygen atoms in total. The second-order valence-electron chi connectivity index (χ2n) is 5.32. The Morgan fingerprint density at radius 2 is 2.20 bits per heavy atom. The maximum absolute atomic E-state index is 5.78. The summed E-state index contributed by atoms with van der Waals surface area (Å²) in [6, 6.07) is 5.98. The Labute approximate surface area is 119 Å². The van der Waals surface area contributed by atoms with E-state index >= 15 is 0 Å². The van der Waals surface area contributed by atoms with Gasteiger partial charge in [-0.1, -0.05) is 26.0 Å². The number of hydrogen-bond acceptors (Lipinski definition) is 3. The smallest absolute Gasteiger partial charge is 0.231 e. The topological polar surface area (TPSA) is 68.9 Å². The third-order valence-electron chi connectivity index (χ3n) is 3.23. The van der Waals surface area contributed by atoms with Crippen molar-refractivity contribution in [1.82, 2.24) is 5.32 Å². The molecule has 0 unspecified atom stereocenters. The van der Waals surface area contributed by atoms with Gasteiger partial charge in [0.15, 0.2) is 17.5 Å². The standard InChI is InChI=1S/C15H21N3O2/c1-4-7-17-14(16)18-9-15(2,3)11-5-6-12-13(8-11)20-10-19-12/h4-6,8H,1,7,9-10H2,2-3H3,(H3,16,17,18). The van der Waals surface area contributed by atoms with Gasteiger partial charge in [-0.2, -0.15) is 0 Å². The third-order valence-corrected chi connectivity index (χ3v) is 3.23. The molecule has 20 heavy (non-hydrogen) atoms. The van der Waals surface area contributed by atoms with Gasteiger partial charge < -0.3 is 20.5 Å². The van der Waals surface area contributed by atoms with Crippen molar-refractivity contribution in [1.29, 1.82) is 0 Å². The predicted octanol–water partition coefficient (Wildman–Crippen LogP) is 1.78. The van der Waals surface area contributed by atoms with Crippen molar-refractivity contribution in [2.45, 2.75) is 19.3 Å². The van der Waals surface area contributed by atoms with E-state index in [4.69, 9.17) is 15.2 Å². The van der Waals surface area contributed by atoms with E-state index in [0.717, 1.165) is 17.1 Å². The summed E-state index contributed by atoms with van der Waals surface area (Å²) < 4.78 is 10.7. The Hall–Kier alpha value is -2.17. The number of benzene rings is 1. The Bertz CT molecular complexity index is 524. The number of fused-ring (bicyclic) bond motifs is 1. The van der Waals surface area contributed by atoms with Crippen LogP contribution in [0.2, 0.25) is 0 Å². The molecule has 108 valence electrons. The minimum atomic E-state index is -0.137. The molecule has 1 aliphatic rings. The fourth-order valence-corrected chi connectivity index (χ4v) is 1.92. The lowest BCUT2D eigenvalue weighted by molar-refractivity contribution is 0.174. The highest BCUT2D eigenvalue weighted by Gasteiger charge is 2.23. The minimum absolute atomic E-state index is 0.137. The summed E-state index contributed by atoms with van der Waals surface area (Å²) in [5.41, 5.74) is 6.78. The van der Waals surface area contributed by atoms with E-state index in [2.05, 4.69) is 30.7 Å². The number of guanidine groups is 1. The highest BCUT2D eigenvalue weighted by Crippen LogP contribution is 2.36. The summed E-state index contributed by atoms with van der Waals surface area (Å²) in [5.74, 6) is 2.01. The van der Waals surface area contributed by atoms with Crippen LogP contribution in [0.3, 0.4) is 0 Å². The molecule has 0 fully saturated rings. The minimum Gasteiger partial charge on any atom is -0.454 e. The zero-order valence-electron chi connectivity index (χ0n) is 12.0. The molecular weight excluding hydrogens is 254 g/mol. The van der Waals surface area contributed by atoms with Crippen molar-refractivity contribution in [3.05, 3.63) is 36.4 Å². The van der Waals surface area contributed by atoms with Crippen LogP contribution < -0.4 is 20.5 Å². The molecule has 1 aromatic rings. The Balaban J connectivity index is 2.08. The summed E-state index contributed by atoms with van der Waals surface area (Å²) in [6.45, 7) is 9.35. The van der Waals surface area contributed by atoms with Gasteiger partial charge in [0.25, 0.3) is 0 Å². The molecule has 0 amide bonds. The lowest BCUT2D eigenvalue weighted by Crippen LogP contribution is -2.33. The maximum Gasteiger partial charge on any atom is 0.231 e. The molecule has 0 atom stereocenters. The quantitative estimate of drug-likeness (QED) is 0.488. The first-order valence-corrected chi connectivity index (χ1v) is 6.58. The lowest BCUT2D eigenvalue weighted by Gasteiger charge is -2.23. The number of aliphatic imine (C=N–C) groups is 1. The second-order valence-corrected chi connectivity index (χ2v) is 5.32. The predicted molar refractivity (Wildman–Crippen MR) is 80.3 cm³/mol. The molecule has 0 saturated carbocycles. The summed E-state index contributed by atoms with van der Waals surface area (Å²) in [7, 11) is 0. The number of ether oxygens (including phenoxy) is 2. The summed E-state index contributed by atoms with van der Waals surface area (Å²) >= 11 is 0. The highest BCUT2D eigenvalue weighted by molar-refractivity contribution is 5.78. The third kappa shape index (κ3) is 3.23. The normalized spacial score (nSPS) is 14.2. The van der Waals surface area contributed by atoms with Crippen LogP contribution in [0.4, 0.5) is 0 Å². The highest BCUT2D eigenvalue weighted by atomic mass is 16.7. The van der Waals surface area contributed by atoms with Crippen molar-refractivity contribution in [3.63, 3.8) is 0 Å². The first kappa shape index (κ1) is 14.2. The van der Waals surface area contributed by atoms with E-state index < -0.39 is 0 Å². The SMILES string of the molecule is C=CCNC(N)=NCC(C)(C)c1ccc2c(c1)OCO2. The van der Waals surface area contributed by atoms with E-state index in [1.54, 1.807) is 6.08 Å². The Kier molecular flexibility index (Phi) is 4.17. The van der Waals surface area contributed by atoms with Crippen LogP contribution in [-0.2, 0) is 5.41 Å². The van der Waals surface area contributed by atoms with Crippen molar-refractivity contribution in [2.24, 2.45) is 10.7 Å². The zero-order chi connectivity index (χ0) is 14.6. The van der Waals surface area contributed by atoms with Gasteiger partial charge in [-0.3, -0.25) is 4.99 Å². The molecule has 1 heterocycles.